The van der Waals surface area contributed by atoms with E-state index >= 15 is 0 Å². The molecule has 0 bridgehead atoms. The summed E-state index contributed by atoms with van der Waals surface area (Å²) in [7, 11) is 0. The van der Waals surface area contributed by atoms with Gasteiger partial charge in [-0.05, 0) is 51.5 Å². The van der Waals surface area contributed by atoms with Gasteiger partial charge in [-0.15, -0.1) is 0 Å². The van der Waals surface area contributed by atoms with Gasteiger partial charge in [0, 0.05) is 24.7 Å². The van der Waals surface area contributed by atoms with Gasteiger partial charge in [-0.1, -0.05) is 0 Å². The highest BCUT2D eigenvalue weighted by Crippen LogP contribution is 2.13. The highest BCUT2D eigenvalue weighted by Gasteiger charge is 2.14. The summed E-state index contributed by atoms with van der Waals surface area (Å²) in [5.41, 5.74) is 2.57. The fourth-order valence-electron chi connectivity index (χ4n) is 2.05. The first kappa shape index (κ1) is 14.7. The molecule has 0 spiro atoms. The summed E-state index contributed by atoms with van der Waals surface area (Å²) in [5, 5.41) is 2.94. The van der Waals surface area contributed by atoms with Crippen LogP contribution in [0.5, 0.6) is 0 Å². The number of aromatic amines is 1. The van der Waals surface area contributed by atoms with Gasteiger partial charge in [-0.25, -0.2) is 4.98 Å². The number of rotatable bonds is 3. The Morgan fingerprint density at radius 3 is 2.85 bits per heavy atom. The standard InChI is InChI=1S/C14H20N4OS/c1-9-7-10-12(15-8-9)18(13(20)16-10)6-5-11(19)17-14(2,3)4/h7-8H,5-6H2,1-4H3,(H,16,20)(H,17,19). The third kappa shape index (κ3) is 3.45. The monoisotopic (exact) mass is 292 g/mol. The maximum Gasteiger partial charge on any atom is 0.222 e. The minimum absolute atomic E-state index is 0.0147. The van der Waals surface area contributed by atoms with E-state index in [1.807, 2.05) is 38.3 Å². The molecule has 0 fully saturated rings. The predicted molar refractivity (Wildman–Crippen MR) is 82.2 cm³/mol. The van der Waals surface area contributed by atoms with E-state index in [0.717, 1.165) is 16.7 Å². The Labute approximate surface area is 123 Å². The molecule has 0 atom stereocenters. The van der Waals surface area contributed by atoms with Crippen molar-refractivity contribution in [1.29, 1.82) is 0 Å². The van der Waals surface area contributed by atoms with Crippen LogP contribution in [0.1, 0.15) is 32.8 Å². The van der Waals surface area contributed by atoms with Gasteiger partial charge in [0.2, 0.25) is 5.91 Å². The molecule has 5 nitrogen and oxygen atoms in total. The number of fused-ring (bicyclic) bond motifs is 1. The molecule has 2 aromatic heterocycles. The highest BCUT2D eigenvalue weighted by molar-refractivity contribution is 7.71. The van der Waals surface area contributed by atoms with Crippen molar-refractivity contribution in [2.75, 3.05) is 0 Å². The maximum absolute atomic E-state index is 11.9. The molecule has 2 rings (SSSR count). The third-order valence-electron chi connectivity index (χ3n) is 2.82. The van der Waals surface area contributed by atoms with Crippen LogP contribution in [0, 0.1) is 11.7 Å². The largest absolute Gasteiger partial charge is 0.351 e. The molecule has 6 heteroatoms. The van der Waals surface area contributed by atoms with Crippen LogP contribution < -0.4 is 5.32 Å². The molecule has 108 valence electrons. The number of aryl methyl sites for hydroxylation is 2. The van der Waals surface area contributed by atoms with Crippen LogP contribution >= 0.6 is 12.2 Å². The van der Waals surface area contributed by atoms with Crippen molar-refractivity contribution < 1.29 is 4.79 Å². The Balaban J connectivity index is 2.16. The van der Waals surface area contributed by atoms with Crippen molar-refractivity contribution in [3.63, 3.8) is 0 Å². The molecule has 0 saturated carbocycles. The summed E-state index contributed by atoms with van der Waals surface area (Å²) < 4.78 is 2.47. The molecule has 2 heterocycles. The molecule has 0 aliphatic rings. The molecule has 20 heavy (non-hydrogen) atoms. The molecule has 2 aromatic rings. The van der Waals surface area contributed by atoms with E-state index in [4.69, 9.17) is 12.2 Å². The summed E-state index contributed by atoms with van der Waals surface area (Å²) in [6.45, 7) is 8.40. The van der Waals surface area contributed by atoms with Gasteiger partial charge in [0.1, 0.15) is 0 Å². The van der Waals surface area contributed by atoms with Crippen LogP contribution in [0.15, 0.2) is 12.3 Å². The minimum atomic E-state index is -0.214. The normalized spacial score (nSPS) is 11.8. The number of H-pyrrole nitrogens is 1. The van der Waals surface area contributed by atoms with Crippen molar-refractivity contribution in [2.24, 2.45) is 0 Å². The number of hydrogen-bond donors (Lipinski definition) is 2. The van der Waals surface area contributed by atoms with Gasteiger partial charge in [0.05, 0.1) is 5.52 Å². The van der Waals surface area contributed by atoms with Gasteiger partial charge in [0.25, 0.3) is 0 Å². The lowest BCUT2D eigenvalue weighted by molar-refractivity contribution is -0.122. The van der Waals surface area contributed by atoms with Crippen LogP contribution in [-0.4, -0.2) is 26.0 Å². The molecule has 0 unspecified atom stereocenters. The van der Waals surface area contributed by atoms with Crippen molar-refractivity contribution >= 4 is 29.3 Å². The second-order valence-corrected chi connectivity index (χ2v) is 6.40. The predicted octanol–water partition coefficient (Wildman–Crippen LogP) is 2.71. The molecular formula is C14H20N4OS. The van der Waals surface area contributed by atoms with Gasteiger partial charge in [0.15, 0.2) is 10.4 Å². The van der Waals surface area contributed by atoms with Crippen LogP contribution in [0.2, 0.25) is 0 Å². The van der Waals surface area contributed by atoms with E-state index in [2.05, 4.69) is 15.3 Å². The second-order valence-electron chi connectivity index (χ2n) is 6.01. The van der Waals surface area contributed by atoms with Crippen LogP contribution in [0.4, 0.5) is 0 Å². The average molecular weight is 292 g/mol. The Morgan fingerprint density at radius 2 is 2.20 bits per heavy atom. The zero-order valence-electron chi connectivity index (χ0n) is 12.3. The first-order valence-electron chi connectivity index (χ1n) is 6.62. The van der Waals surface area contributed by atoms with Gasteiger partial charge in [-0.3, -0.25) is 4.79 Å². The SMILES string of the molecule is Cc1cnc2c(c1)[nH]c(=S)n2CCC(=O)NC(C)(C)C. The van der Waals surface area contributed by atoms with E-state index < -0.39 is 0 Å². The molecule has 0 aliphatic carbocycles. The van der Waals surface area contributed by atoms with Crippen molar-refractivity contribution in [1.82, 2.24) is 19.9 Å². The fourth-order valence-corrected chi connectivity index (χ4v) is 2.34. The first-order chi connectivity index (χ1) is 9.26. The van der Waals surface area contributed by atoms with E-state index in [9.17, 15) is 4.79 Å². The van der Waals surface area contributed by atoms with Crippen molar-refractivity contribution in [2.45, 2.75) is 46.2 Å². The lowest BCUT2D eigenvalue weighted by atomic mass is 10.1. The topological polar surface area (TPSA) is 62.7 Å². The van der Waals surface area contributed by atoms with Crippen LogP contribution in [0.25, 0.3) is 11.2 Å². The van der Waals surface area contributed by atoms with Crippen LogP contribution in [-0.2, 0) is 11.3 Å². The first-order valence-corrected chi connectivity index (χ1v) is 7.03. The van der Waals surface area contributed by atoms with E-state index in [0.29, 0.717) is 17.7 Å². The van der Waals surface area contributed by atoms with Gasteiger partial charge < -0.3 is 14.9 Å². The summed E-state index contributed by atoms with van der Waals surface area (Å²) in [5.74, 6) is 0.0147. The lowest BCUT2D eigenvalue weighted by Crippen LogP contribution is -2.40. The number of amides is 1. The number of nitrogens with one attached hydrogen (secondary N) is 2. The number of nitrogens with zero attached hydrogens (tertiary/aromatic N) is 2. The quantitative estimate of drug-likeness (QED) is 0.855. The Morgan fingerprint density at radius 1 is 1.50 bits per heavy atom. The summed E-state index contributed by atoms with van der Waals surface area (Å²) in [6, 6.07) is 2.00. The van der Waals surface area contributed by atoms with Gasteiger partial charge >= 0.3 is 0 Å². The average Bonchev–Trinajstić information content (AvgIpc) is 2.59. The zero-order chi connectivity index (χ0) is 14.9. The smallest absolute Gasteiger partial charge is 0.222 e. The molecule has 0 aromatic carbocycles. The molecule has 2 N–H and O–H groups in total. The maximum atomic E-state index is 11.9. The number of imidazole rings is 1. The Hall–Kier alpha value is -1.69. The zero-order valence-corrected chi connectivity index (χ0v) is 13.1. The summed E-state index contributed by atoms with van der Waals surface area (Å²) in [6.07, 6.45) is 2.19. The molecule has 0 aliphatic heterocycles. The molecular weight excluding hydrogens is 272 g/mol. The van der Waals surface area contributed by atoms with Crippen molar-refractivity contribution in [3.8, 4) is 0 Å². The van der Waals surface area contributed by atoms with Crippen molar-refractivity contribution in [3.05, 3.63) is 22.6 Å². The number of carbonyl (C=O) groups is 1. The number of carbonyl (C=O) groups excluding carboxylic acids is 1. The summed E-state index contributed by atoms with van der Waals surface area (Å²) in [4.78, 5) is 19.4. The second kappa shape index (κ2) is 5.36. The Bertz CT molecular complexity index is 693. The number of aromatic nitrogens is 3. The molecule has 0 saturated heterocycles. The van der Waals surface area contributed by atoms with Crippen LogP contribution in [0.3, 0.4) is 0 Å². The minimum Gasteiger partial charge on any atom is -0.351 e. The fraction of sp³-hybridized carbons (Fsp3) is 0.500. The van der Waals surface area contributed by atoms with E-state index in [1.165, 1.54) is 0 Å². The number of pyridine rings is 1. The van der Waals surface area contributed by atoms with E-state index in [-0.39, 0.29) is 11.4 Å². The highest BCUT2D eigenvalue weighted by atomic mass is 32.1. The number of hydrogen-bond acceptors (Lipinski definition) is 3. The summed E-state index contributed by atoms with van der Waals surface area (Å²) >= 11 is 5.29. The molecule has 0 radical (unpaired) electrons. The third-order valence-corrected chi connectivity index (χ3v) is 3.15. The molecule has 1 amide bonds. The van der Waals surface area contributed by atoms with E-state index in [1.54, 1.807) is 6.20 Å². The lowest BCUT2D eigenvalue weighted by Gasteiger charge is -2.20. The Kier molecular flexibility index (Phi) is 3.94. The van der Waals surface area contributed by atoms with Gasteiger partial charge in [-0.2, -0.15) is 0 Å².